The van der Waals surface area contributed by atoms with Gasteiger partial charge in [0.05, 0.1) is 0 Å². The molecule has 0 aromatic heterocycles. The molecule has 8 heteroatoms. The van der Waals surface area contributed by atoms with Crippen molar-refractivity contribution < 1.29 is 27.5 Å². The van der Waals surface area contributed by atoms with Crippen LogP contribution in [-0.2, 0) is 9.53 Å². The molecule has 1 saturated heterocycles. The van der Waals surface area contributed by atoms with E-state index in [0.717, 1.165) is 11.3 Å². The number of piperazine rings is 1. The number of carbonyl (C=O) groups excluding carboxylic acids is 2. The zero-order valence-electron chi connectivity index (χ0n) is 12.5. The molecule has 0 aliphatic carbocycles. The second kappa shape index (κ2) is 6.89. The Hall–Kier alpha value is -2.25. The van der Waals surface area contributed by atoms with Crippen LogP contribution in [0.25, 0.3) is 0 Å². The average molecular weight is 330 g/mol. The van der Waals surface area contributed by atoms with E-state index < -0.39 is 24.7 Å². The number of anilines is 1. The highest BCUT2D eigenvalue weighted by atomic mass is 19.4. The number of hydrogen-bond donors (Lipinski definition) is 0. The molecular weight excluding hydrogens is 313 g/mol. The van der Waals surface area contributed by atoms with E-state index in [1.165, 1.54) is 4.90 Å². The molecular formula is C15H17F3N2O3. The number of hydrogen-bond acceptors (Lipinski definition) is 4. The predicted molar refractivity (Wildman–Crippen MR) is 77.4 cm³/mol. The van der Waals surface area contributed by atoms with Gasteiger partial charge in [0.2, 0.25) is 0 Å². The Bertz CT molecular complexity index is 552. The zero-order chi connectivity index (χ0) is 17.0. The molecule has 0 saturated carbocycles. The third-order valence-electron chi connectivity index (χ3n) is 3.61. The molecule has 1 aliphatic heterocycles. The zero-order valence-corrected chi connectivity index (χ0v) is 12.5. The summed E-state index contributed by atoms with van der Waals surface area (Å²) in [6.07, 6.45) is -9.14. The lowest BCUT2D eigenvalue weighted by Crippen LogP contribution is -2.50. The van der Waals surface area contributed by atoms with Gasteiger partial charge >= 0.3 is 12.3 Å². The lowest BCUT2D eigenvalue weighted by atomic mass is 10.2. The molecule has 1 amide bonds. The van der Waals surface area contributed by atoms with Gasteiger partial charge in [0.1, 0.15) is 0 Å². The van der Waals surface area contributed by atoms with Gasteiger partial charge in [-0.05, 0) is 19.1 Å². The van der Waals surface area contributed by atoms with Crippen LogP contribution in [0.5, 0.6) is 0 Å². The van der Waals surface area contributed by atoms with Crippen molar-refractivity contribution in [2.75, 3.05) is 31.1 Å². The van der Waals surface area contributed by atoms with Gasteiger partial charge in [0, 0.05) is 31.9 Å². The summed E-state index contributed by atoms with van der Waals surface area (Å²) in [6.45, 7) is 3.40. The second-order valence-electron chi connectivity index (χ2n) is 5.29. The molecule has 2 rings (SSSR count). The van der Waals surface area contributed by atoms with Crippen molar-refractivity contribution in [2.24, 2.45) is 0 Å². The second-order valence-corrected chi connectivity index (χ2v) is 5.29. The molecule has 1 heterocycles. The highest BCUT2D eigenvalue weighted by Gasteiger charge is 2.43. The summed E-state index contributed by atoms with van der Waals surface area (Å²) in [7, 11) is 0. The Kier molecular flexibility index (Phi) is 5.12. The van der Waals surface area contributed by atoms with E-state index in [9.17, 15) is 22.8 Å². The molecule has 1 aromatic carbocycles. The number of alkyl halides is 3. The number of nitrogens with zero attached hydrogens (tertiary/aromatic N) is 2. The third-order valence-corrected chi connectivity index (χ3v) is 3.61. The van der Waals surface area contributed by atoms with Crippen molar-refractivity contribution >= 4 is 18.1 Å². The lowest BCUT2D eigenvalue weighted by molar-refractivity contribution is -0.199. The molecule has 0 spiro atoms. The number of aldehydes is 1. The lowest BCUT2D eigenvalue weighted by Gasteiger charge is -2.36. The Morgan fingerprint density at radius 1 is 1.17 bits per heavy atom. The molecule has 0 radical (unpaired) electrons. The van der Waals surface area contributed by atoms with Crippen LogP contribution in [0.15, 0.2) is 24.3 Å². The van der Waals surface area contributed by atoms with Crippen molar-refractivity contribution in [3.63, 3.8) is 0 Å². The van der Waals surface area contributed by atoms with Crippen molar-refractivity contribution in [1.82, 2.24) is 4.90 Å². The molecule has 0 N–H and O–H groups in total. The summed E-state index contributed by atoms with van der Waals surface area (Å²) in [5.74, 6) is 0. The van der Waals surface area contributed by atoms with Gasteiger partial charge in [-0.15, -0.1) is 0 Å². The molecule has 1 aliphatic rings. The van der Waals surface area contributed by atoms with Crippen LogP contribution >= 0.6 is 0 Å². The number of rotatable bonds is 3. The fraction of sp³-hybridized carbons (Fsp3) is 0.467. The maximum absolute atomic E-state index is 12.4. The van der Waals surface area contributed by atoms with Gasteiger partial charge in [-0.25, -0.2) is 4.79 Å². The van der Waals surface area contributed by atoms with Crippen molar-refractivity contribution in [3.8, 4) is 0 Å². The van der Waals surface area contributed by atoms with E-state index in [2.05, 4.69) is 4.74 Å². The molecule has 1 fully saturated rings. The first-order chi connectivity index (χ1) is 10.8. The number of amides is 1. The van der Waals surface area contributed by atoms with Crippen LogP contribution in [0.4, 0.5) is 23.7 Å². The molecule has 1 unspecified atom stereocenters. The minimum atomic E-state index is -4.89. The predicted octanol–water partition coefficient (Wildman–Crippen LogP) is 2.38. The third kappa shape index (κ3) is 4.37. The summed E-state index contributed by atoms with van der Waals surface area (Å²) in [4.78, 5) is 25.3. The smallest absolute Gasteiger partial charge is 0.429 e. The SMILES string of the molecule is Cc1ccc(N2CCN(C(=O)OC(C=O)C(F)(F)F)CC2)cc1. The Balaban J connectivity index is 1.89. The Morgan fingerprint density at radius 2 is 1.74 bits per heavy atom. The van der Waals surface area contributed by atoms with E-state index in [1.54, 1.807) is 0 Å². The monoisotopic (exact) mass is 330 g/mol. The number of benzene rings is 1. The van der Waals surface area contributed by atoms with Crippen LogP contribution in [0, 0.1) is 6.92 Å². The van der Waals surface area contributed by atoms with Crippen LogP contribution in [0.1, 0.15) is 5.56 Å². The molecule has 5 nitrogen and oxygen atoms in total. The summed E-state index contributed by atoms with van der Waals surface area (Å²) in [5.41, 5.74) is 2.12. The first-order valence-electron chi connectivity index (χ1n) is 7.10. The molecule has 23 heavy (non-hydrogen) atoms. The van der Waals surface area contributed by atoms with Gasteiger partial charge in [-0.3, -0.25) is 4.79 Å². The largest absolute Gasteiger partial charge is 0.432 e. The van der Waals surface area contributed by atoms with Crippen LogP contribution in [0.3, 0.4) is 0 Å². The van der Waals surface area contributed by atoms with Gasteiger partial charge < -0.3 is 14.5 Å². The van der Waals surface area contributed by atoms with Crippen LogP contribution in [0.2, 0.25) is 0 Å². The van der Waals surface area contributed by atoms with E-state index in [4.69, 9.17) is 0 Å². The molecule has 126 valence electrons. The summed E-state index contributed by atoms with van der Waals surface area (Å²) in [5, 5.41) is 0. The fourth-order valence-corrected chi connectivity index (χ4v) is 2.26. The minimum absolute atomic E-state index is 0.232. The maximum atomic E-state index is 12.4. The number of carbonyl (C=O) groups is 2. The quantitative estimate of drug-likeness (QED) is 0.799. The number of aryl methyl sites for hydroxylation is 1. The Labute approximate surface area is 131 Å². The summed E-state index contributed by atoms with van der Waals surface area (Å²) >= 11 is 0. The van der Waals surface area contributed by atoms with Crippen LogP contribution in [-0.4, -0.2) is 55.7 Å². The highest BCUT2D eigenvalue weighted by molar-refractivity contribution is 5.72. The minimum Gasteiger partial charge on any atom is -0.429 e. The maximum Gasteiger partial charge on any atom is 0.432 e. The summed E-state index contributed by atoms with van der Waals surface area (Å²) in [6, 6.07) is 7.84. The van der Waals surface area contributed by atoms with E-state index in [0.29, 0.717) is 13.1 Å². The standard InChI is InChI=1S/C15H17F3N2O3/c1-11-2-4-12(5-3-11)19-6-8-20(9-7-19)14(22)23-13(10-21)15(16,17)18/h2-5,10,13H,6-9H2,1H3. The summed E-state index contributed by atoms with van der Waals surface area (Å²) < 4.78 is 41.5. The van der Waals surface area contributed by atoms with Crippen molar-refractivity contribution in [3.05, 3.63) is 29.8 Å². The van der Waals surface area contributed by atoms with E-state index in [1.807, 2.05) is 36.1 Å². The highest BCUT2D eigenvalue weighted by Crippen LogP contribution is 2.23. The fourth-order valence-electron chi connectivity index (χ4n) is 2.26. The van der Waals surface area contributed by atoms with Gasteiger partial charge in [0.25, 0.3) is 6.10 Å². The first-order valence-corrected chi connectivity index (χ1v) is 7.10. The van der Waals surface area contributed by atoms with Crippen molar-refractivity contribution in [1.29, 1.82) is 0 Å². The van der Waals surface area contributed by atoms with E-state index >= 15 is 0 Å². The number of ether oxygens (including phenoxy) is 1. The van der Waals surface area contributed by atoms with Gasteiger partial charge in [-0.1, -0.05) is 17.7 Å². The Morgan fingerprint density at radius 3 is 2.22 bits per heavy atom. The molecule has 1 aromatic rings. The average Bonchev–Trinajstić information content (AvgIpc) is 2.52. The molecule has 0 bridgehead atoms. The topological polar surface area (TPSA) is 49.9 Å². The van der Waals surface area contributed by atoms with Crippen LogP contribution < -0.4 is 4.90 Å². The normalized spacial score (nSPS) is 16.9. The van der Waals surface area contributed by atoms with Gasteiger partial charge in [0.15, 0.2) is 6.29 Å². The first kappa shape index (κ1) is 17.1. The molecule has 1 atom stereocenters. The van der Waals surface area contributed by atoms with Crippen molar-refractivity contribution in [2.45, 2.75) is 19.2 Å². The van der Waals surface area contributed by atoms with Gasteiger partial charge in [-0.2, -0.15) is 13.2 Å². The van der Waals surface area contributed by atoms with E-state index in [-0.39, 0.29) is 13.1 Å². The number of halogens is 3.